The topological polar surface area (TPSA) is 63.1 Å². The third-order valence-electron chi connectivity index (χ3n) is 3.83. The van der Waals surface area contributed by atoms with Crippen LogP contribution >= 0.6 is 23.2 Å². The Labute approximate surface area is 157 Å². The molecule has 5 nitrogen and oxygen atoms in total. The van der Waals surface area contributed by atoms with Crippen LogP contribution < -0.4 is 10.6 Å². The predicted octanol–water partition coefficient (Wildman–Crippen LogP) is 3.79. The van der Waals surface area contributed by atoms with Crippen molar-refractivity contribution >= 4 is 35.0 Å². The van der Waals surface area contributed by atoms with Crippen molar-refractivity contribution in [1.82, 2.24) is 15.2 Å². The Morgan fingerprint density at radius 3 is 2.32 bits per heavy atom. The molecular weight excluding hydrogens is 361 g/mol. The monoisotopic (exact) mass is 381 g/mol. The van der Waals surface area contributed by atoms with Crippen LogP contribution in [-0.2, 0) is 13.6 Å². The summed E-state index contributed by atoms with van der Waals surface area (Å²) in [4.78, 5) is 24.2. The summed E-state index contributed by atoms with van der Waals surface area (Å²) in [5.41, 5.74) is 1.89. The lowest BCUT2D eigenvalue weighted by Gasteiger charge is -2.08. The summed E-state index contributed by atoms with van der Waals surface area (Å²) >= 11 is 11.9. The van der Waals surface area contributed by atoms with Crippen molar-refractivity contribution in [2.75, 3.05) is 6.54 Å². The van der Waals surface area contributed by atoms with Gasteiger partial charge in [0.2, 0.25) is 0 Å². The summed E-state index contributed by atoms with van der Waals surface area (Å²) in [7, 11) is 1.68. The lowest BCUT2D eigenvalue weighted by Crippen LogP contribution is -2.25. The number of nitrogens with zero attached hydrogens (tertiary/aromatic N) is 1. The molecule has 25 heavy (non-hydrogen) atoms. The number of carbonyl (C=O) groups is 2. The van der Waals surface area contributed by atoms with Gasteiger partial charge in [0.05, 0.1) is 5.02 Å². The Kier molecular flexibility index (Phi) is 6.91. The van der Waals surface area contributed by atoms with Crippen LogP contribution in [0.5, 0.6) is 0 Å². The first-order chi connectivity index (χ1) is 11.9. The van der Waals surface area contributed by atoms with E-state index in [1.54, 1.807) is 19.2 Å². The van der Waals surface area contributed by atoms with Gasteiger partial charge in [-0.3, -0.25) is 9.59 Å². The van der Waals surface area contributed by atoms with Crippen molar-refractivity contribution in [1.29, 1.82) is 0 Å². The van der Waals surface area contributed by atoms with Gasteiger partial charge in [0, 0.05) is 25.7 Å². The van der Waals surface area contributed by atoms with Gasteiger partial charge in [0.15, 0.2) is 0 Å². The van der Waals surface area contributed by atoms with Gasteiger partial charge < -0.3 is 15.2 Å². The molecule has 1 aromatic heterocycles. The van der Waals surface area contributed by atoms with Crippen LogP contribution in [0.2, 0.25) is 10.2 Å². The number of amides is 2. The molecule has 1 heterocycles. The van der Waals surface area contributed by atoms with Gasteiger partial charge in [-0.25, -0.2) is 0 Å². The molecule has 0 saturated carbocycles. The van der Waals surface area contributed by atoms with Crippen LogP contribution in [0.25, 0.3) is 0 Å². The summed E-state index contributed by atoms with van der Waals surface area (Å²) in [6.07, 6.45) is 2.00. The normalized spacial score (nSPS) is 10.6. The van der Waals surface area contributed by atoms with Crippen LogP contribution in [0.1, 0.15) is 46.2 Å². The number of nitrogens with one attached hydrogen (secondary N) is 2. The first kappa shape index (κ1) is 19.3. The van der Waals surface area contributed by atoms with Gasteiger partial charge in [-0.1, -0.05) is 48.7 Å². The zero-order valence-corrected chi connectivity index (χ0v) is 15.7. The minimum atomic E-state index is -0.266. The van der Waals surface area contributed by atoms with Gasteiger partial charge in [-0.15, -0.1) is 0 Å². The first-order valence-corrected chi connectivity index (χ1v) is 8.85. The highest BCUT2D eigenvalue weighted by atomic mass is 35.5. The second-order valence-electron chi connectivity index (χ2n) is 5.72. The third kappa shape index (κ3) is 5.00. The Morgan fingerprint density at radius 2 is 1.76 bits per heavy atom. The molecule has 0 aliphatic heterocycles. The fraction of sp³-hybridized carbons (Fsp3) is 0.333. The summed E-state index contributed by atoms with van der Waals surface area (Å²) < 4.78 is 1.53. The van der Waals surface area contributed by atoms with Crippen LogP contribution in [0, 0.1) is 0 Å². The minimum absolute atomic E-state index is 0.0860. The molecule has 7 heteroatoms. The standard InChI is InChI=1S/C18H21Cl2N3O2/c1-3-4-9-21-17(24)13-7-5-12(6-8-13)11-22-18(25)15-10-14(19)16(20)23(15)2/h5-8,10H,3-4,9,11H2,1-2H3,(H,21,24)(H,22,25). The number of rotatable bonds is 7. The third-order valence-corrected chi connectivity index (χ3v) is 4.68. The van der Waals surface area contributed by atoms with E-state index in [1.165, 1.54) is 10.6 Å². The van der Waals surface area contributed by atoms with Gasteiger partial charge >= 0.3 is 0 Å². The molecule has 0 atom stereocenters. The van der Waals surface area contributed by atoms with E-state index in [1.807, 2.05) is 12.1 Å². The lowest BCUT2D eigenvalue weighted by molar-refractivity contribution is 0.0937. The van der Waals surface area contributed by atoms with Crippen LogP contribution in [-0.4, -0.2) is 22.9 Å². The Hall–Kier alpha value is -1.98. The summed E-state index contributed by atoms with van der Waals surface area (Å²) in [6.45, 7) is 3.10. The molecule has 2 rings (SSSR count). The predicted molar refractivity (Wildman–Crippen MR) is 100 cm³/mol. The molecule has 0 aliphatic rings. The maximum absolute atomic E-state index is 12.2. The van der Waals surface area contributed by atoms with Crippen molar-refractivity contribution in [3.05, 3.63) is 57.3 Å². The molecule has 0 aliphatic carbocycles. The highest BCUT2D eigenvalue weighted by molar-refractivity contribution is 6.41. The van der Waals surface area contributed by atoms with Crippen molar-refractivity contribution < 1.29 is 9.59 Å². The van der Waals surface area contributed by atoms with E-state index in [4.69, 9.17) is 23.2 Å². The smallest absolute Gasteiger partial charge is 0.268 e. The Balaban J connectivity index is 1.92. The Bertz CT molecular complexity index is 754. The molecule has 2 aromatic rings. The van der Waals surface area contributed by atoms with E-state index in [0.717, 1.165) is 18.4 Å². The average Bonchev–Trinajstić information content (AvgIpc) is 2.87. The number of unbranched alkanes of at least 4 members (excludes halogenated alkanes) is 1. The number of hydrogen-bond donors (Lipinski definition) is 2. The molecule has 134 valence electrons. The van der Waals surface area contributed by atoms with Gasteiger partial charge in [0.1, 0.15) is 10.8 Å². The molecule has 0 spiro atoms. The molecule has 0 saturated heterocycles. The largest absolute Gasteiger partial charge is 0.352 e. The number of benzene rings is 1. The molecule has 2 amide bonds. The number of hydrogen-bond acceptors (Lipinski definition) is 2. The maximum Gasteiger partial charge on any atom is 0.268 e. The summed E-state index contributed by atoms with van der Waals surface area (Å²) in [5.74, 6) is -0.352. The van der Waals surface area contributed by atoms with Gasteiger partial charge in [0.25, 0.3) is 11.8 Å². The SMILES string of the molecule is CCCCNC(=O)c1ccc(CNC(=O)c2cc(Cl)c(Cl)n2C)cc1. The van der Waals surface area contributed by atoms with E-state index in [9.17, 15) is 9.59 Å². The highest BCUT2D eigenvalue weighted by Crippen LogP contribution is 2.25. The number of carbonyl (C=O) groups excluding carboxylic acids is 2. The molecule has 2 N–H and O–H groups in total. The quantitative estimate of drug-likeness (QED) is 0.716. The van der Waals surface area contributed by atoms with E-state index in [0.29, 0.717) is 34.5 Å². The molecule has 0 radical (unpaired) electrons. The fourth-order valence-corrected chi connectivity index (χ4v) is 2.66. The van der Waals surface area contributed by atoms with Gasteiger partial charge in [-0.2, -0.15) is 0 Å². The number of halogens is 2. The van der Waals surface area contributed by atoms with E-state index in [2.05, 4.69) is 17.6 Å². The Morgan fingerprint density at radius 1 is 1.08 bits per heavy atom. The molecule has 0 fully saturated rings. The second-order valence-corrected chi connectivity index (χ2v) is 6.48. The molecule has 0 unspecified atom stereocenters. The van der Waals surface area contributed by atoms with Crippen LogP contribution in [0.15, 0.2) is 30.3 Å². The van der Waals surface area contributed by atoms with Crippen LogP contribution in [0.3, 0.4) is 0 Å². The fourth-order valence-electron chi connectivity index (χ4n) is 2.29. The molecule has 0 bridgehead atoms. The van der Waals surface area contributed by atoms with E-state index < -0.39 is 0 Å². The second kappa shape index (κ2) is 8.92. The highest BCUT2D eigenvalue weighted by Gasteiger charge is 2.15. The lowest BCUT2D eigenvalue weighted by atomic mass is 10.1. The van der Waals surface area contributed by atoms with Crippen molar-refractivity contribution in [3.63, 3.8) is 0 Å². The minimum Gasteiger partial charge on any atom is -0.352 e. The first-order valence-electron chi connectivity index (χ1n) is 8.10. The maximum atomic E-state index is 12.2. The molecular formula is C18H21Cl2N3O2. The van der Waals surface area contributed by atoms with Crippen molar-refractivity contribution in [2.24, 2.45) is 7.05 Å². The zero-order chi connectivity index (χ0) is 18.4. The van der Waals surface area contributed by atoms with Crippen LogP contribution in [0.4, 0.5) is 0 Å². The summed E-state index contributed by atoms with van der Waals surface area (Å²) in [6, 6.07) is 8.67. The average molecular weight is 382 g/mol. The van der Waals surface area contributed by atoms with Gasteiger partial charge in [-0.05, 0) is 30.2 Å². The summed E-state index contributed by atoms with van der Waals surface area (Å²) in [5, 5.41) is 6.34. The van der Waals surface area contributed by atoms with E-state index >= 15 is 0 Å². The molecule has 1 aromatic carbocycles. The zero-order valence-electron chi connectivity index (χ0n) is 14.2. The number of aromatic nitrogens is 1. The van der Waals surface area contributed by atoms with E-state index in [-0.39, 0.29) is 11.8 Å². The van der Waals surface area contributed by atoms with Crippen molar-refractivity contribution in [2.45, 2.75) is 26.3 Å². The van der Waals surface area contributed by atoms with Crippen molar-refractivity contribution in [3.8, 4) is 0 Å².